The number of hydrogen-bond acceptors (Lipinski definition) is 7. The van der Waals surface area contributed by atoms with Gasteiger partial charge in [0.05, 0.1) is 7.11 Å². The van der Waals surface area contributed by atoms with Gasteiger partial charge in [-0.15, -0.1) is 0 Å². The Morgan fingerprint density at radius 2 is 1.84 bits per heavy atom. The number of nitrogens with one attached hydrogen (secondary N) is 2. The van der Waals surface area contributed by atoms with Crippen molar-refractivity contribution in [2.24, 2.45) is 17.7 Å². The number of nitrogens with zero attached hydrogens (tertiary/aromatic N) is 3. The molecule has 3 atom stereocenters. The van der Waals surface area contributed by atoms with Crippen LogP contribution in [0.25, 0.3) is 0 Å². The van der Waals surface area contributed by atoms with E-state index in [-0.39, 0.29) is 6.01 Å². The van der Waals surface area contributed by atoms with Gasteiger partial charge in [-0.05, 0) is 31.1 Å². The Bertz CT molecular complexity index is 404. The van der Waals surface area contributed by atoms with Gasteiger partial charge in [-0.1, -0.05) is 13.8 Å². The Labute approximate surface area is 113 Å². The van der Waals surface area contributed by atoms with E-state index in [1.807, 2.05) is 0 Å². The molecule has 1 heterocycles. The molecule has 1 aliphatic carbocycles. The van der Waals surface area contributed by atoms with Gasteiger partial charge in [0.1, 0.15) is 0 Å². The highest BCUT2D eigenvalue weighted by Crippen LogP contribution is 2.30. The molecule has 0 radical (unpaired) electrons. The molecule has 1 fully saturated rings. The van der Waals surface area contributed by atoms with E-state index in [9.17, 15) is 0 Å². The first-order chi connectivity index (χ1) is 9.12. The number of aromatic nitrogens is 3. The summed E-state index contributed by atoms with van der Waals surface area (Å²) in [6, 6.07) is 0.645. The van der Waals surface area contributed by atoms with Gasteiger partial charge in [-0.3, -0.25) is 5.43 Å². The molecule has 4 N–H and O–H groups in total. The zero-order valence-corrected chi connectivity index (χ0v) is 11.7. The number of rotatable bonds is 4. The summed E-state index contributed by atoms with van der Waals surface area (Å²) in [5.41, 5.74) is 2.41. The van der Waals surface area contributed by atoms with Crippen LogP contribution in [0.3, 0.4) is 0 Å². The fourth-order valence-corrected chi connectivity index (χ4v) is 2.44. The lowest BCUT2D eigenvalue weighted by Crippen LogP contribution is -2.31. The summed E-state index contributed by atoms with van der Waals surface area (Å²) in [5.74, 6) is 7.63. The van der Waals surface area contributed by atoms with Crippen LogP contribution in [-0.2, 0) is 0 Å². The van der Waals surface area contributed by atoms with Gasteiger partial charge in [0, 0.05) is 6.04 Å². The number of nitrogen functional groups attached to an aromatic ring is 1. The lowest BCUT2D eigenvalue weighted by molar-refractivity contribution is 0.260. The number of ether oxygens (including phenoxy) is 1. The summed E-state index contributed by atoms with van der Waals surface area (Å²) in [7, 11) is 1.52. The highest BCUT2D eigenvalue weighted by Gasteiger charge is 2.25. The maximum Gasteiger partial charge on any atom is 0.322 e. The van der Waals surface area contributed by atoms with Crippen LogP contribution in [-0.4, -0.2) is 28.1 Å². The molecular weight excluding hydrogens is 244 g/mol. The van der Waals surface area contributed by atoms with Crippen LogP contribution in [0.1, 0.15) is 33.1 Å². The molecule has 7 nitrogen and oxygen atoms in total. The Morgan fingerprint density at radius 3 is 2.47 bits per heavy atom. The minimum absolute atomic E-state index is 0.252. The number of hydrazine groups is 1. The van der Waals surface area contributed by atoms with Gasteiger partial charge in [0.25, 0.3) is 0 Å². The Balaban J connectivity index is 2.06. The van der Waals surface area contributed by atoms with E-state index in [4.69, 9.17) is 10.6 Å². The molecule has 2 rings (SSSR count). The highest BCUT2D eigenvalue weighted by molar-refractivity contribution is 5.35. The maximum absolute atomic E-state index is 5.33. The fraction of sp³-hybridized carbons (Fsp3) is 0.750. The van der Waals surface area contributed by atoms with Crippen molar-refractivity contribution in [2.45, 2.75) is 39.2 Å². The molecule has 1 saturated carbocycles. The lowest BCUT2D eigenvalue weighted by atomic mass is 9.79. The van der Waals surface area contributed by atoms with E-state index < -0.39 is 0 Å². The summed E-state index contributed by atoms with van der Waals surface area (Å²) >= 11 is 0. The molecule has 0 aromatic carbocycles. The van der Waals surface area contributed by atoms with E-state index >= 15 is 0 Å². The lowest BCUT2D eigenvalue weighted by Gasteiger charge is -2.32. The van der Waals surface area contributed by atoms with E-state index in [1.54, 1.807) is 0 Å². The summed E-state index contributed by atoms with van der Waals surface area (Å²) in [6.07, 6.45) is 3.48. The number of anilines is 2. The Morgan fingerprint density at radius 1 is 1.11 bits per heavy atom. The molecule has 1 aliphatic rings. The van der Waals surface area contributed by atoms with Crippen LogP contribution in [0.5, 0.6) is 6.01 Å². The second-order valence-corrected chi connectivity index (χ2v) is 5.22. The van der Waals surface area contributed by atoms with E-state index in [1.165, 1.54) is 13.5 Å². The van der Waals surface area contributed by atoms with Crippen molar-refractivity contribution < 1.29 is 4.74 Å². The van der Waals surface area contributed by atoms with Crippen molar-refractivity contribution in [3.8, 4) is 6.01 Å². The van der Waals surface area contributed by atoms with Crippen LogP contribution in [0.4, 0.5) is 11.9 Å². The third-order valence-electron chi connectivity index (χ3n) is 3.86. The maximum atomic E-state index is 5.33. The van der Waals surface area contributed by atoms with Gasteiger partial charge in [0.15, 0.2) is 0 Å². The number of nitrogens with two attached hydrogens (primary N) is 1. The third-order valence-corrected chi connectivity index (χ3v) is 3.86. The summed E-state index contributed by atoms with van der Waals surface area (Å²) in [6.45, 7) is 4.60. The van der Waals surface area contributed by atoms with E-state index in [0.717, 1.165) is 18.8 Å². The monoisotopic (exact) mass is 266 g/mol. The molecular formula is C12H22N6O. The molecule has 0 aliphatic heterocycles. The molecule has 0 saturated heterocycles. The van der Waals surface area contributed by atoms with Gasteiger partial charge >= 0.3 is 6.01 Å². The zero-order valence-electron chi connectivity index (χ0n) is 11.7. The van der Waals surface area contributed by atoms with Crippen molar-refractivity contribution in [2.75, 3.05) is 17.9 Å². The van der Waals surface area contributed by atoms with Crippen LogP contribution < -0.4 is 21.3 Å². The largest absolute Gasteiger partial charge is 0.467 e. The molecule has 1 aromatic rings. The van der Waals surface area contributed by atoms with Gasteiger partial charge in [-0.25, -0.2) is 5.84 Å². The summed E-state index contributed by atoms with van der Waals surface area (Å²) in [5, 5.41) is 3.34. The van der Waals surface area contributed by atoms with Crippen molar-refractivity contribution >= 4 is 11.9 Å². The molecule has 19 heavy (non-hydrogen) atoms. The third kappa shape index (κ3) is 3.44. The molecule has 1 aromatic heterocycles. The molecule has 0 spiro atoms. The Hall–Kier alpha value is -1.63. The van der Waals surface area contributed by atoms with Crippen molar-refractivity contribution in [1.29, 1.82) is 0 Å². The topological polar surface area (TPSA) is 98.0 Å². The first-order valence-corrected chi connectivity index (χ1v) is 6.65. The predicted molar refractivity (Wildman–Crippen MR) is 73.8 cm³/mol. The van der Waals surface area contributed by atoms with E-state index in [0.29, 0.717) is 23.9 Å². The van der Waals surface area contributed by atoms with E-state index in [2.05, 4.69) is 39.5 Å². The normalized spacial score (nSPS) is 26.8. The minimum atomic E-state index is 0.252. The summed E-state index contributed by atoms with van der Waals surface area (Å²) < 4.78 is 5.03. The van der Waals surface area contributed by atoms with Crippen molar-refractivity contribution in [3.05, 3.63) is 0 Å². The molecule has 0 amide bonds. The van der Waals surface area contributed by atoms with Crippen LogP contribution in [0.2, 0.25) is 0 Å². The fourth-order valence-electron chi connectivity index (χ4n) is 2.44. The van der Waals surface area contributed by atoms with Crippen molar-refractivity contribution in [3.63, 3.8) is 0 Å². The van der Waals surface area contributed by atoms with Crippen LogP contribution in [0, 0.1) is 11.8 Å². The standard InChI is InChI=1S/C12H22N6O/c1-7-4-5-9(6-8(7)2)14-10-15-11(18-13)17-12(16-10)19-3/h7-9H,4-6,13H2,1-3H3,(H2,14,15,16,17,18). The van der Waals surface area contributed by atoms with Gasteiger partial charge in [0.2, 0.25) is 11.9 Å². The second-order valence-electron chi connectivity index (χ2n) is 5.22. The second kappa shape index (κ2) is 6.01. The predicted octanol–water partition coefficient (Wildman–Crippen LogP) is 1.40. The molecule has 7 heteroatoms. The Kier molecular flexibility index (Phi) is 4.36. The first kappa shape index (κ1) is 13.8. The van der Waals surface area contributed by atoms with Crippen LogP contribution in [0.15, 0.2) is 0 Å². The van der Waals surface area contributed by atoms with Crippen LogP contribution >= 0.6 is 0 Å². The quantitative estimate of drug-likeness (QED) is 0.559. The average Bonchev–Trinajstić information content (AvgIpc) is 2.42. The van der Waals surface area contributed by atoms with Gasteiger partial charge < -0.3 is 10.1 Å². The number of methoxy groups -OCH3 is 1. The molecule has 0 bridgehead atoms. The smallest absolute Gasteiger partial charge is 0.322 e. The zero-order chi connectivity index (χ0) is 13.8. The van der Waals surface area contributed by atoms with Gasteiger partial charge in [-0.2, -0.15) is 15.0 Å². The molecule has 3 unspecified atom stereocenters. The average molecular weight is 266 g/mol. The van der Waals surface area contributed by atoms with Crippen molar-refractivity contribution in [1.82, 2.24) is 15.0 Å². The number of hydrogen-bond donors (Lipinski definition) is 3. The SMILES string of the molecule is COc1nc(NN)nc(NC2CCC(C)C(C)C2)n1. The molecule has 106 valence electrons. The first-order valence-electron chi connectivity index (χ1n) is 6.65. The summed E-state index contributed by atoms with van der Waals surface area (Å²) in [4.78, 5) is 12.3. The highest BCUT2D eigenvalue weighted by atomic mass is 16.5. The minimum Gasteiger partial charge on any atom is -0.467 e.